The van der Waals surface area contributed by atoms with Crippen LogP contribution >= 0.6 is 15.9 Å². The van der Waals surface area contributed by atoms with Gasteiger partial charge in [0.2, 0.25) is 0 Å². The van der Waals surface area contributed by atoms with Crippen LogP contribution in [0.5, 0.6) is 0 Å². The number of pyridine rings is 1. The Hall–Kier alpha value is -1.61. The number of halogens is 1. The highest BCUT2D eigenvalue weighted by Crippen LogP contribution is 2.34. The highest BCUT2D eigenvalue weighted by molar-refractivity contribution is 9.10. The van der Waals surface area contributed by atoms with Crippen molar-refractivity contribution in [3.8, 4) is 6.07 Å². The molecule has 0 aliphatic carbocycles. The highest BCUT2D eigenvalue weighted by Gasteiger charge is 2.35. The normalized spacial score (nSPS) is 22.0. The molecule has 0 aromatic carbocycles. The molecule has 2 unspecified atom stereocenters. The number of aromatic nitrogens is 1. The van der Waals surface area contributed by atoms with Gasteiger partial charge in [-0.15, -0.1) is 0 Å². The summed E-state index contributed by atoms with van der Waals surface area (Å²) >= 11 is 3.36. The Morgan fingerprint density at radius 2 is 2.23 bits per heavy atom. The Morgan fingerprint density at radius 3 is 2.77 bits per heavy atom. The van der Waals surface area contributed by atoms with Gasteiger partial charge in [0.25, 0.3) is 0 Å². The maximum absolute atomic E-state index is 12.4. The van der Waals surface area contributed by atoms with E-state index in [-0.39, 0.29) is 18.1 Å². The van der Waals surface area contributed by atoms with Crippen molar-refractivity contribution in [2.45, 2.75) is 45.3 Å². The Bertz CT molecular complexity index is 575. The van der Waals surface area contributed by atoms with E-state index in [1.54, 1.807) is 11.1 Å². The molecule has 1 aliphatic rings. The number of rotatable bonds is 1. The van der Waals surface area contributed by atoms with Crippen molar-refractivity contribution in [1.29, 1.82) is 5.26 Å². The van der Waals surface area contributed by atoms with Gasteiger partial charge in [-0.05, 0) is 61.7 Å². The molecule has 1 aliphatic heterocycles. The summed E-state index contributed by atoms with van der Waals surface area (Å²) in [5, 5.41) is 9.20. The fraction of sp³-hybridized carbons (Fsp3) is 0.562. The Balaban J connectivity index is 2.24. The maximum atomic E-state index is 12.4. The molecular weight excluding hydrogens is 346 g/mol. The van der Waals surface area contributed by atoms with Gasteiger partial charge in [0, 0.05) is 17.2 Å². The molecule has 0 saturated carbocycles. The first kappa shape index (κ1) is 16.8. The fourth-order valence-electron chi connectivity index (χ4n) is 2.49. The van der Waals surface area contributed by atoms with Crippen molar-refractivity contribution in [2.24, 2.45) is 5.92 Å². The van der Waals surface area contributed by atoms with E-state index in [1.807, 2.05) is 32.9 Å². The quantitative estimate of drug-likeness (QED) is 0.752. The van der Waals surface area contributed by atoms with E-state index in [9.17, 15) is 10.1 Å². The number of piperidine rings is 1. The number of carbonyl (C=O) groups is 1. The minimum absolute atomic E-state index is 0.0610. The molecule has 1 fully saturated rings. The molecule has 0 spiro atoms. The van der Waals surface area contributed by atoms with Crippen molar-refractivity contribution in [3.05, 3.63) is 28.5 Å². The van der Waals surface area contributed by atoms with Gasteiger partial charge in [0.05, 0.1) is 23.7 Å². The zero-order valence-electron chi connectivity index (χ0n) is 13.0. The minimum Gasteiger partial charge on any atom is -0.444 e. The first-order chi connectivity index (χ1) is 10.3. The van der Waals surface area contributed by atoms with E-state index in [0.717, 1.165) is 10.2 Å². The zero-order valence-corrected chi connectivity index (χ0v) is 14.6. The highest BCUT2D eigenvalue weighted by atomic mass is 79.9. The van der Waals surface area contributed by atoms with Gasteiger partial charge in [-0.2, -0.15) is 5.26 Å². The van der Waals surface area contributed by atoms with Crippen LogP contribution in [0.4, 0.5) is 4.79 Å². The van der Waals surface area contributed by atoms with Gasteiger partial charge < -0.3 is 4.74 Å². The molecule has 0 bridgehead atoms. The van der Waals surface area contributed by atoms with Gasteiger partial charge in [-0.1, -0.05) is 0 Å². The summed E-state index contributed by atoms with van der Waals surface area (Å²) in [4.78, 5) is 18.5. The summed E-state index contributed by atoms with van der Waals surface area (Å²) in [7, 11) is 0. The molecule has 22 heavy (non-hydrogen) atoms. The molecule has 0 radical (unpaired) electrons. The molecule has 5 nitrogen and oxygen atoms in total. The van der Waals surface area contributed by atoms with Gasteiger partial charge in [0.1, 0.15) is 5.60 Å². The van der Waals surface area contributed by atoms with Crippen LogP contribution in [-0.2, 0) is 4.74 Å². The van der Waals surface area contributed by atoms with Gasteiger partial charge in [-0.25, -0.2) is 4.79 Å². The second-order valence-corrected chi connectivity index (χ2v) is 7.36. The van der Waals surface area contributed by atoms with Crippen molar-refractivity contribution >= 4 is 22.0 Å². The van der Waals surface area contributed by atoms with Crippen molar-refractivity contribution < 1.29 is 9.53 Å². The average Bonchev–Trinajstić information content (AvgIpc) is 2.45. The summed E-state index contributed by atoms with van der Waals surface area (Å²) < 4.78 is 6.37. The summed E-state index contributed by atoms with van der Waals surface area (Å²) in [6, 6.07) is 5.86. The van der Waals surface area contributed by atoms with E-state index in [1.165, 1.54) is 0 Å². The number of likely N-dealkylation sites (tertiary alicyclic amines) is 1. The summed E-state index contributed by atoms with van der Waals surface area (Å²) in [5.74, 6) is -0.0610. The Labute approximate surface area is 139 Å². The van der Waals surface area contributed by atoms with Crippen LogP contribution in [0.2, 0.25) is 0 Å². The lowest BCUT2D eigenvalue weighted by Gasteiger charge is -2.38. The van der Waals surface area contributed by atoms with Gasteiger partial charge >= 0.3 is 6.09 Å². The molecule has 0 N–H and O–H groups in total. The predicted molar refractivity (Wildman–Crippen MR) is 86.0 cm³/mol. The fourth-order valence-corrected chi connectivity index (χ4v) is 2.72. The third-order valence-electron chi connectivity index (χ3n) is 3.50. The monoisotopic (exact) mass is 365 g/mol. The lowest BCUT2D eigenvalue weighted by molar-refractivity contribution is 0.00612. The first-order valence-corrected chi connectivity index (χ1v) is 8.10. The molecule has 6 heteroatoms. The van der Waals surface area contributed by atoms with Crippen molar-refractivity contribution in [1.82, 2.24) is 9.88 Å². The predicted octanol–water partition coefficient (Wildman–Crippen LogP) is 4.06. The van der Waals surface area contributed by atoms with Crippen molar-refractivity contribution in [3.63, 3.8) is 0 Å². The maximum Gasteiger partial charge on any atom is 0.410 e. The van der Waals surface area contributed by atoms with Gasteiger partial charge in [-0.3, -0.25) is 9.88 Å². The topological polar surface area (TPSA) is 66.2 Å². The summed E-state index contributed by atoms with van der Waals surface area (Å²) in [6.07, 6.45) is 2.62. The Morgan fingerprint density at radius 1 is 1.50 bits per heavy atom. The van der Waals surface area contributed by atoms with Crippen LogP contribution in [-0.4, -0.2) is 28.1 Å². The molecule has 2 heterocycles. The summed E-state index contributed by atoms with van der Waals surface area (Å²) in [6.45, 7) is 6.05. The molecule has 1 aromatic heterocycles. The molecule has 2 atom stereocenters. The van der Waals surface area contributed by atoms with Gasteiger partial charge in [0.15, 0.2) is 0 Å². The number of nitrogens with zero attached hydrogens (tertiary/aromatic N) is 3. The zero-order chi connectivity index (χ0) is 16.3. The molecule has 2 rings (SSSR count). The van der Waals surface area contributed by atoms with E-state index >= 15 is 0 Å². The number of hydrogen-bond donors (Lipinski definition) is 0. The van der Waals surface area contributed by atoms with Crippen LogP contribution in [0.1, 0.15) is 45.3 Å². The molecular formula is C16H20BrN3O2. The standard InChI is InChI=1S/C16H20BrN3O2/c1-16(2,3)22-15(21)20-7-6-11(9-18)8-14(20)13-5-4-12(17)10-19-13/h4-5,10-11,14H,6-8H2,1-3H3. The van der Waals surface area contributed by atoms with Crippen LogP contribution in [0.15, 0.2) is 22.8 Å². The SMILES string of the molecule is CC(C)(C)OC(=O)N1CCC(C#N)CC1c1ccc(Br)cn1. The van der Waals surface area contributed by atoms with Crippen LogP contribution in [0.25, 0.3) is 0 Å². The molecule has 1 amide bonds. The van der Waals surface area contributed by atoms with E-state index in [2.05, 4.69) is 27.0 Å². The third-order valence-corrected chi connectivity index (χ3v) is 3.97. The lowest BCUT2D eigenvalue weighted by Crippen LogP contribution is -2.43. The minimum atomic E-state index is -0.541. The number of nitriles is 1. The second kappa shape index (κ2) is 6.66. The summed E-state index contributed by atoms with van der Waals surface area (Å²) in [5.41, 5.74) is 0.245. The van der Waals surface area contributed by atoms with Crippen molar-refractivity contribution in [2.75, 3.05) is 6.54 Å². The lowest BCUT2D eigenvalue weighted by atomic mass is 9.90. The number of carbonyl (C=O) groups excluding carboxylic acids is 1. The Kier molecular flexibility index (Phi) is 5.07. The number of amides is 1. The smallest absolute Gasteiger partial charge is 0.410 e. The molecule has 1 saturated heterocycles. The second-order valence-electron chi connectivity index (χ2n) is 6.44. The number of ether oxygens (including phenoxy) is 1. The molecule has 118 valence electrons. The van der Waals surface area contributed by atoms with E-state index in [4.69, 9.17) is 4.74 Å². The van der Waals surface area contributed by atoms with Crippen LogP contribution in [0.3, 0.4) is 0 Å². The largest absolute Gasteiger partial charge is 0.444 e. The van der Waals surface area contributed by atoms with E-state index in [0.29, 0.717) is 19.4 Å². The third kappa shape index (κ3) is 4.20. The van der Waals surface area contributed by atoms with E-state index < -0.39 is 5.60 Å². The average molecular weight is 366 g/mol. The first-order valence-electron chi connectivity index (χ1n) is 7.31. The molecule has 1 aromatic rings. The number of hydrogen-bond acceptors (Lipinski definition) is 4. The van der Waals surface area contributed by atoms with Crippen LogP contribution in [0, 0.1) is 17.2 Å². The van der Waals surface area contributed by atoms with Crippen LogP contribution < -0.4 is 0 Å².